The second-order valence-electron chi connectivity index (χ2n) is 5.88. The summed E-state index contributed by atoms with van der Waals surface area (Å²) in [7, 11) is -3.49. The van der Waals surface area contributed by atoms with Crippen LogP contribution in [-0.2, 0) is 16.6 Å². The third-order valence-corrected chi connectivity index (χ3v) is 6.43. The molecule has 0 amide bonds. The molecule has 6 heteroatoms. The third-order valence-electron chi connectivity index (χ3n) is 4.69. The van der Waals surface area contributed by atoms with Gasteiger partial charge in [-0.2, -0.15) is 4.31 Å². The van der Waals surface area contributed by atoms with Crippen LogP contribution in [0.5, 0.6) is 0 Å². The Balaban J connectivity index is 1.77. The van der Waals surface area contributed by atoms with Gasteiger partial charge in [-0.15, -0.1) is 0 Å². The van der Waals surface area contributed by atoms with E-state index in [9.17, 15) is 8.42 Å². The van der Waals surface area contributed by atoms with Crippen LogP contribution in [0.3, 0.4) is 0 Å². The fraction of sp³-hybridized carbons (Fsp3) is 0.714. The summed E-state index contributed by atoms with van der Waals surface area (Å²) in [5.41, 5.74) is 5.47. The maximum Gasteiger partial charge on any atom is 0.276 e. The highest BCUT2D eigenvalue weighted by molar-refractivity contribution is 7.89. The molecule has 2 unspecified atom stereocenters. The molecule has 2 fully saturated rings. The summed E-state index contributed by atoms with van der Waals surface area (Å²) >= 11 is 0. The van der Waals surface area contributed by atoms with Gasteiger partial charge in [-0.1, -0.05) is 19.3 Å². The minimum atomic E-state index is -3.49. The van der Waals surface area contributed by atoms with E-state index in [1.165, 1.54) is 25.3 Å². The van der Waals surface area contributed by atoms with Crippen molar-refractivity contribution >= 4 is 10.0 Å². The second-order valence-corrected chi connectivity index (χ2v) is 7.75. The molecule has 0 aromatic carbocycles. The summed E-state index contributed by atoms with van der Waals surface area (Å²) in [5, 5.41) is 0.0345. The summed E-state index contributed by atoms with van der Waals surface area (Å²) in [6.07, 6.45) is 5.92. The Bertz CT molecular complexity index is 567. The Labute approximate surface area is 120 Å². The van der Waals surface area contributed by atoms with Crippen LogP contribution in [0.25, 0.3) is 0 Å². The lowest BCUT2D eigenvalue weighted by Gasteiger charge is -2.40. The highest BCUT2D eigenvalue weighted by Gasteiger charge is 2.37. The van der Waals surface area contributed by atoms with Crippen LogP contribution in [0.15, 0.2) is 21.6 Å². The molecule has 1 saturated carbocycles. The first-order valence-electron chi connectivity index (χ1n) is 7.40. The number of hydrogen-bond donors (Lipinski definition) is 1. The molecule has 1 aromatic heterocycles. The predicted molar refractivity (Wildman–Crippen MR) is 75.4 cm³/mol. The number of hydrogen-bond acceptors (Lipinski definition) is 4. The highest BCUT2D eigenvalue weighted by atomic mass is 32.2. The molecule has 0 spiro atoms. The molecule has 1 aromatic rings. The Hall–Kier alpha value is -0.850. The molecule has 1 aliphatic heterocycles. The maximum absolute atomic E-state index is 12.6. The number of nitrogens with two attached hydrogens (primary N) is 1. The van der Waals surface area contributed by atoms with Crippen LogP contribution < -0.4 is 5.73 Å². The molecule has 20 heavy (non-hydrogen) atoms. The molecule has 0 radical (unpaired) electrons. The Morgan fingerprint density at radius 1 is 1.20 bits per heavy atom. The lowest BCUT2D eigenvalue weighted by molar-refractivity contribution is 0.135. The molecule has 112 valence electrons. The number of nitrogens with zero attached hydrogens (tertiary/aromatic N) is 1. The first kappa shape index (κ1) is 14.1. The van der Waals surface area contributed by atoms with Gasteiger partial charge in [0.05, 0.1) is 6.54 Å². The first-order valence-corrected chi connectivity index (χ1v) is 8.84. The molecule has 2 aliphatic rings. The van der Waals surface area contributed by atoms with Gasteiger partial charge >= 0.3 is 0 Å². The summed E-state index contributed by atoms with van der Waals surface area (Å²) in [6.45, 7) is 1.48. The Kier molecular flexibility index (Phi) is 3.88. The van der Waals surface area contributed by atoms with E-state index in [-0.39, 0.29) is 11.6 Å². The van der Waals surface area contributed by atoms with Crippen molar-refractivity contribution in [3.8, 4) is 0 Å². The summed E-state index contributed by atoms with van der Waals surface area (Å²) in [6, 6.07) is 3.16. The largest absolute Gasteiger partial charge is 0.447 e. The number of furan rings is 1. The lowest BCUT2D eigenvalue weighted by Crippen LogP contribution is -2.44. The van der Waals surface area contributed by atoms with Crippen LogP contribution in [0.4, 0.5) is 0 Å². The zero-order valence-corrected chi connectivity index (χ0v) is 12.4. The molecule has 2 atom stereocenters. The SMILES string of the molecule is NCc1ccc(S(=O)(=O)N2CCC3CCCCC3C2)o1. The van der Waals surface area contributed by atoms with Gasteiger partial charge in [0, 0.05) is 13.1 Å². The lowest BCUT2D eigenvalue weighted by atomic mass is 9.76. The van der Waals surface area contributed by atoms with Gasteiger partial charge in [-0.05, 0) is 36.8 Å². The van der Waals surface area contributed by atoms with E-state index in [0.717, 1.165) is 12.8 Å². The van der Waals surface area contributed by atoms with E-state index in [0.29, 0.717) is 30.7 Å². The molecule has 1 aliphatic carbocycles. The molecule has 3 rings (SSSR count). The van der Waals surface area contributed by atoms with Crippen LogP contribution in [0.2, 0.25) is 0 Å². The standard InChI is InChI=1S/C14H22N2O3S/c15-9-13-5-6-14(19-13)20(17,18)16-8-7-11-3-1-2-4-12(11)10-16/h5-6,11-12H,1-4,7-10,15H2. The van der Waals surface area contributed by atoms with Crippen molar-refractivity contribution < 1.29 is 12.8 Å². The van der Waals surface area contributed by atoms with Gasteiger partial charge in [-0.3, -0.25) is 0 Å². The fourth-order valence-electron chi connectivity index (χ4n) is 3.52. The molecular weight excluding hydrogens is 276 g/mol. The summed E-state index contributed by atoms with van der Waals surface area (Å²) in [5.74, 6) is 1.75. The van der Waals surface area contributed by atoms with E-state index < -0.39 is 10.0 Å². The average Bonchev–Trinajstić information content (AvgIpc) is 2.96. The molecule has 2 N–H and O–H groups in total. The molecule has 0 bridgehead atoms. The van der Waals surface area contributed by atoms with Crippen molar-refractivity contribution in [1.29, 1.82) is 0 Å². The third kappa shape index (κ3) is 2.52. The fourth-order valence-corrected chi connectivity index (χ4v) is 4.96. The maximum atomic E-state index is 12.6. The van der Waals surface area contributed by atoms with E-state index in [2.05, 4.69) is 0 Å². The Morgan fingerprint density at radius 2 is 1.95 bits per heavy atom. The van der Waals surface area contributed by atoms with Crippen molar-refractivity contribution in [1.82, 2.24) is 4.31 Å². The monoisotopic (exact) mass is 298 g/mol. The van der Waals surface area contributed by atoms with E-state index in [4.69, 9.17) is 10.2 Å². The normalized spacial score (nSPS) is 28.2. The minimum absolute atomic E-state index is 0.0345. The van der Waals surface area contributed by atoms with Crippen LogP contribution in [0, 0.1) is 11.8 Å². The van der Waals surface area contributed by atoms with E-state index >= 15 is 0 Å². The Morgan fingerprint density at radius 3 is 2.65 bits per heavy atom. The minimum Gasteiger partial charge on any atom is -0.447 e. The van der Waals surface area contributed by atoms with Crippen molar-refractivity contribution in [2.75, 3.05) is 13.1 Å². The molecular formula is C14H22N2O3S. The van der Waals surface area contributed by atoms with Crippen molar-refractivity contribution in [3.05, 3.63) is 17.9 Å². The van der Waals surface area contributed by atoms with Gasteiger partial charge in [0.2, 0.25) is 5.09 Å². The van der Waals surface area contributed by atoms with E-state index in [1.54, 1.807) is 10.4 Å². The van der Waals surface area contributed by atoms with Crippen LogP contribution in [0.1, 0.15) is 37.9 Å². The van der Waals surface area contributed by atoms with Crippen LogP contribution >= 0.6 is 0 Å². The van der Waals surface area contributed by atoms with Crippen molar-refractivity contribution in [3.63, 3.8) is 0 Å². The summed E-state index contributed by atoms with van der Waals surface area (Å²) in [4.78, 5) is 0. The predicted octanol–water partition coefficient (Wildman–Crippen LogP) is 1.94. The number of sulfonamides is 1. The van der Waals surface area contributed by atoms with Crippen LogP contribution in [-0.4, -0.2) is 25.8 Å². The topological polar surface area (TPSA) is 76.5 Å². The average molecular weight is 298 g/mol. The number of fused-ring (bicyclic) bond motifs is 1. The summed E-state index contributed by atoms with van der Waals surface area (Å²) < 4.78 is 32.1. The zero-order chi connectivity index (χ0) is 14.2. The van der Waals surface area contributed by atoms with E-state index in [1.807, 2.05) is 0 Å². The van der Waals surface area contributed by atoms with Gasteiger partial charge in [-0.25, -0.2) is 8.42 Å². The van der Waals surface area contributed by atoms with Gasteiger partial charge in [0.25, 0.3) is 10.0 Å². The molecule has 1 saturated heterocycles. The van der Waals surface area contributed by atoms with Crippen molar-refractivity contribution in [2.24, 2.45) is 17.6 Å². The van der Waals surface area contributed by atoms with Gasteiger partial charge in [0.1, 0.15) is 5.76 Å². The highest BCUT2D eigenvalue weighted by Crippen LogP contribution is 2.37. The van der Waals surface area contributed by atoms with Gasteiger partial charge in [0.15, 0.2) is 0 Å². The van der Waals surface area contributed by atoms with Crippen molar-refractivity contribution in [2.45, 2.75) is 43.7 Å². The molecule has 2 heterocycles. The first-order chi connectivity index (χ1) is 9.61. The zero-order valence-electron chi connectivity index (χ0n) is 11.6. The smallest absolute Gasteiger partial charge is 0.276 e. The second kappa shape index (κ2) is 5.50. The number of rotatable bonds is 3. The number of piperidine rings is 1. The molecule has 5 nitrogen and oxygen atoms in total. The van der Waals surface area contributed by atoms with Gasteiger partial charge < -0.3 is 10.2 Å². The quantitative estimate of drug-likeness (QED) is 0.925.